The molecule has 0 atom stereocenters. The molecule has 0 bridgehead atoms. The van der Waals surface area contributed by atoms with Crippen LogP contribution in [-0.2, 0) is 11.2 Å². The maximum Gasteiger partial charge on any atom is 0.335 e. The van der Waals surface area contributed by atoms with Gasteiger partial charge in [0.05, 0.1) is 17.7 Å². The third-order valence-corrected chi connectivity index (χ3v) is 4.30. The van der Waals surface area contributed by atoms with Gasteiger partial charge in [0.1, 0.15) is 6.26 Å². The lowest BCUT2D eigenvalue weighted by molar-refractivity contribution is -0.131. The monoisotopic (exact) mass is 314 g/mol. The van der Waals surface area contributed by atoms with Crippen molar-refractivity contribution < 1.29 is 19.2 Å². The molecule has 1 amide bonds. The molecule has 120 valence electrons. The molecule has 6 heteroatoms. The van der Waals surface area contributed by atoms with Crippen molar-refractivity contribution in [1.82, 2.24) is 10.1 Å². The first kappa shape index (κ1) is 15.3. The summed E-state index contributed by atoms with van der Waals surface area (Å²) in [6.07, 6.45) is 3.24. The highest BCUT2D eigenvalue weighted by molar-refractivity contribution is 5.89. The van der Waals surface area contributed by atoms with E-state index in [1.54, 1.807) is 18.2 Å². The predicted molar refractivity (Wildman–Crippen MR) is 82.2 cm³/mol. The summed E-state index contributed by atoms with van der Waals surface area (Å²) in [4.78, 5) is 25.4. The van der Waals surface area contributed by atoms with Crippen molar-refractivity contribution in [2.75, 3.05) is 13.1 Å². The Morgan fingerprint density at radius 2 is 1.96 bits per heavy atom. The normalized spacial score (nSPS) is 15.6. The van der Waals surface area contributed by atoms with E-state index in [1.807, 2.05) is 17.0 Å². The van der Waals surface area contributed by atoms with Crippen LogP contribution in [0.15, 0.2) is 41.1 Å². The van der Waals surface area contributed by atoms with Gasteiger partial charge in [-0.3, -0.25) is 4.79 Å². The van der Waals surface area contributed by atoms with Gasteiger partial charge >= 0.3 is 5.97 Å². The predicted octanol–water partition coefficient (Wildman–Crippen LogP) is 2.32. The van der Waals surface area contributed by atoms with E-state index in [1.165, 1.54) is 6.26 Å². The summed E-state index contributed by atoms with van der Waals surface area (Å²) in [6.45, 7) is 1.27. The van der Waals surface area contributed by atoms with Gasteiger partial charge in [-0.1, -0.05) is 23.4 Å². The quantitative estimate of drug-likeness (QED) is 0.936. The second-order valence-electron chi connectivity index (χ2n) is 5.72. The van der Waals surface area contributed by atoms with Crippen molar-refractivity contribution in [1.29, 1.82) is 0 Å². The second-order valence-corrected chi connectivity index (χ2v) is 5.72. The number of likely N-dealkylation sites (tertiary alicyclic amines) is 1. The number of carbonyl (C=O) groups is 2. The Morgan fingerprint density at radius 3 is 2.61 bits per heavy atom. The average Bonchev–Trinajstić information content (AvgIpc) is 3.08. The van der Waals surface area contributed by atoms with E-state index in [4.69, 9.17) is 4.52 Å². The summed E-state index contributed by atoms with van der Waals surface area (Å²) >= 11 is 0. The molecule has 6 nitrogen and oxygen atoms in total. The lowest BCUT2D eigenvalue weighted by Gasteiger charge is -2.32. The SMILES string of the molecule is O=C(O)c1ccccc1C1CCN(C(=O)Cc2ccon2)CC1. The van der Waals surface area contributed by atoms with Gasteiger partial charge in [-0.2, -0.15) is 0 Å². The first-order chi connectivity index (χ1) is 11.1. The van der Waals surface area contributed by atoms with Crippen LogP contribution < -0.4 is 0 Å². The highest BCUT2D eigenvalue weighted by atomic mass is 16.5. The van der Waals surface area contributed by atoms with Crippen LogP contribution >= 0.6 is 0 Å². The van der Waals surface area contributed by atoms with E-state index in [-0.39, 0.29) is 18.2 Å². The Balaban J connectivity index is 1.62. The largest absolute Gasteiger partial charge is 0.478 e. The number of nitrogens with zero attached hydrogens (tertiary/aromatic N) is 2. The zero-order valence-electron chi connectivity index (χ0n) is 12.6. The summed E-state index contributed by atoms with van der Waals surface area (Å²) in [5.41, 5.74) is 1.86. The van der Waals surface area contributed by atoms with Crippen molar-refractivity contribution in [3.8, 4) is 0 Å². The van der Waals surface area contributed by atoms with Gasteiger partial charge in [0.15, 0.2) is 0 Å². The molecular weight excluding hydrogens is 296 g/mol. The van der Waals surface area contributed by atoms with Crippen LogP contribution in [-0.4, -0.2) is 40.1 Å². The molecule has 2 heterocycles. The number of carboxylic acid groups (broad SMARTS) is 1. The standard InChI is InChI=1S/C17H18N2O4/c20-16(11-13-7-10-23-18-13)19-8-5-12(6-9-19)14-3-1-2-4-15(14)17(21)22/h1-4,7,10,12H,5-6,8-9,11H2,(H,21,22). The topological polar surface area (TPSA) is 83.6 Å². The lowest BCUT2D eigenvalue weighted by Crippen LogP contribution is -2.39. The van der Waals surface area contributed by atoms with Crippen LogP contribution in [0, 0.1) is 0 Å². The Kier molecular flexibility index (Phi) is 4.41. The molecule has 1 aliphatic rings. The zero-order chi connectivity index (χ0) is 16.2. The van der Waals surface area contributed by atoms with Gasteiger partial charge in [0.25, 0.3) is 0 Å². The molecule has 0 unspecified atom stereocenters. The lowest BCUT2D eigenvalue weighted by atomic mass is 9.86. The number of carbonyl (C=O) groups excluding carboxylic acids is 1. The van der Waals surface area contributed by atoms with Gasteiger partial charge in [0.2, 0.25) is 5.91 Å². The highest BCUT2D eigenvalue weighted by Gasteiger charge is 2.26. The second kappa shape index (κ2) is 6.64. The number of aromatic nitrogens is 1. The Morgan fingerprint density at radius 1 is 1.22 bits per heavy atom. The number of rotatable bonds is 4. The number of amides is 1. The molecular formula is C17H18N2O4. The highest BCUT2D eigenvalue weighted by Crippen LogP contribution is 2.30. The minimum absolute atomic E-state index is 0.0314. The summed E-state index contributed by atoms with van der Waals surface area (Å²) < 4.78 is 4.74. The van der Waals surface area contributed by atoms with Crippen LogP contribution in [0.5, 0.6) is 0 Å². The molecule has 0 spiro atoms. The zero-order valence-corrected chi connectivity index (χ0v) is 12.6. The van der Waals surface area contributed by atoms with Crippen LogP contribution in [0.4, 0.5) is 0 Å². The van der Waals surface area contributed by atoms with E-state index in [0.29, 0.717) is 24.3 Å². The summed E-state index contributed by atoms with van der Waals surface area (Å²) in [5, 5.41) is 13.1. The van der Waals surface area contributed by atoms with E-state index < -0.39 is 5.97 Å². The van der Waals surface area contributed by atoms with Crippen LogP contribution in [0.25, 0.3) is 0 Å². The van der Waals surface area contributed by atoms with E-state index in [9.17, 15) is 14.7 Å². The van der Waals surface area contributed by atoms with Crippen LogP contribution in [0.3, 0.4) is 0 Å². The molecule has 1 fully saturated rings. The molecule has 0 aliphatic carbocycles. The summed E-state index contributed by atoms with van der Waals surface area (Å²) in [7, 11) is 0. The Bertz CT molecular complexity index is 688. The maximum atomic E-state index is 12.2. The van der Waals surface area contributed by atoms with Gasteiger partial charge < -0.3 is 14.5 Å². The fourth-order valence-electron chi connectivity index (χ4n) is 3.08. The van der Waals surface area contributed by atoms with Crippen molar-refractivity contribution in [2.45, 2.75) is 25.2 Å². The molecule has 1 aliphatic heterocycles. The number of hydrogen-bond acceptors (Lipinski definition) is 4. The minimum Gasteiger partial charge on any atom is -0.478 e. The number of piperidine rings is 1. The van der Waals surface area contributed by atoms with E-state index in [2.05, 4.69) is 5.16 Å². The molecule has 1 aromatic carbocycles. The van der Waals surface area contributed by atoms with Gasteiger partial charge in [-0.15, -0.1) is 0 Å². The molecule has 0 saturated carbocycles. The maximum absolute atomic E-state index is 12.2. The third kappa shape index (κ3) is 3.41. The van der Waals surface area contributed by atoms with E-state index >= 15 is 0 Å². The van der Waals surface area contributed by atoms with Crippen molar-refractivity contribution in [3.63, 3.8) is 0 Å². The molecule has 1 N–H and O–H groups in total. The molecule has 23 heavy (non-hydrogen) atoms. The minimum atomic E-state index is -0.898. The number of aromatic carboxylic acids is 1. The summed E-state index contributed by atoms with van der Waals surface area (Å²) in [6, 6.07) is 8.81. The Labute approximate surface area is 133 Å². The third-order valence-electron chi connectivity index (χ3n) is 4.30. The van der Waals surface area contributed by atoms with Gasteiger partial charge in [-0.25, -0.2) is 4.79 Å². The average molecular weight is 314 g/mol. The molecule has 1 aromatic heterocycles. The first-order valence-corrected chi connectivity index (χ1v) is 7.64. The number of hydrogen-bond donors (Lipinski definition) is 1. The summed E-state index contributed by atoms with van der Waals surface area (Å²) in [5.74, 6) is -0.688. The van der Waals surface area contributed by atoms with Crippen LogP contribution in [0.1, 0.15) is 40.4 Å². The molecule has 2 aromatic rings. The molecule has 3 rings (SSSR count). The van der Waals surface area contributed by atoms with Crippen molar-refractivity contribution in [2.24, 2.45) is 0 Å². The van der Waals surface area contributed by atoms with Crippen molar-refractivity contribution in [3.05, 3.63) is 53.4 Å². The van der Waals surface area contributed by atoms with Crippen LogP contribution in [0.2, 0.25) is 0 Å². The smallest absolute Gasteiger partial charge is 0.335 e. The molecule has 1 saturated heterocycles. The van der Waals surface area contributed by atoms with Gasteiger partial charge in [0, 0.05) is 19.2 Å². The van der Waals surface area contributed by atoms with Crippen molar-refractivity contribution >= 4 is 11.9 Å². The van der Waals surface area contributed by atoms with E-state index in [0.717, 1.165) is 18.4 Å². The fraction of sp³-hybridized carbons (Fsp3) is 0.353. The number of carboxylic acids is 1. The Hall–Kier alpha value is -2.63. The first-order valence-electron chi connectivity index (χ1n) is 7.64. The molecule has 0 radical (unpaired) electrons. The fourth-order valence-corrected chi connectivity index (χ4v) is 3.08. The number of benzene rings is 1. The van der Waals surface area contributed by atoms with Gasteiger partial charge in [-0.05, 0) is 30.4 Å².